The third-order valence-corrected chi connectivity index (χ3v) is 4.55. The minimum absolute atomic E-state index is 0.000804. The van der Waals surface area contributed by atoms with E-state index in [0.29, 0.717) is 6.42 Å². The summed E-state index contributed by atoms with van der Waals surface area (Å²) in [5.74, 6) is -0.502. The van der Waals surface area contributed by atoms with Crippen LogP contribution in [0, 0.1) is 11.6 Å². The largest absolute Gasteiger partial charge is 0.257 e. The lowest BCUT2D eigenvalue weighted by atomic mass is 10.0. The van der Waals surface area contributed by atoms with Crippen LogP contribution in [0.25, 0.3) is 6.08 Å². The maximum atomic E-state index is 13.3. The molecule has 1 aliphatic rings. The van der Waals surface area contributed by atoms with Crippen LogP contribution in [0.4, 0.5) is 14.5 Å². The number of allylic oxidation sites excluding steroid dienone is 1. The molecule has 0 bridgehead atoms. The number of para-hydroxylation sites is 1. The summed E-state index contributed by atoms with van der Waals surface area (Å²) < 4.78 is 26.4. The molecular formula is C23H18F2N2. The number of rotatable bonds is 4. The summed E-state index contributed by atoms with van der Waals surface area (Å²) >= 11 is 0. The van der Waals surface area contributed by atoms with E-state index in [2.05, 4.69) is 0 Å². The zero-order valence-electron chi connectivity index (χ0n) is 14.6. The molecular weight excluding hydrogens is 342 g/mol. The van der Waals surface area contributed by atoms with Crippen LogP contribution >= 0.6 is 0 Å². The molecule has 4 rings (SSSR count). The number of hydrogen-bond acceptors (Lipinski definition) is 2. The number of hydrogen-bond donors (Lipinski definition) is 0. The van der Waals surface area contributed by atoms with Crippen LogP contribution in [0.15, 0.2) is 90.0 Å². The Balaban J connectivity index is 1.63. The summed E-state index contributed by atoms with van der Waals surface area (Å²) in [5, 5.41) is 6.74. The van der Waals surface area contributed by atoms with Gasteiger partial charge in [-0.05, 0) is 53.6 Å². The molecule has 0 spiro atoms. The Labute approximate surface area is 157 Å². The van der Waals surface area contributed by atoms with Crippen LogP contribution in [-0.2, 0) is 0 Å². The van der Waals surface area contributed by atoms with Crippen LogP contribution < -0.4 is 5.01 Å². The average Bonchev–Trinajstić information content (AvgIpc) is 3.13. The summed E-state index contributed by atoms with van der Waals surface area (Å²) in [7, 11) is 0. The third-order valence-electron chi connectivity index (χ3n) is 4.55. The van der Waals surface area contributed by atoms with Crippen LogP contribution in [0.2, 0.25) is 0 Å². The highest BCUT2D eigenvalue weighted by Crippen LogP contribution is 2.35. The fourth-order valence-corrected chi connectivity index (χ4v) is 3.16. The fourth-order valence-electron chi connectivity index (χ4n) is 3.16. The first-order valence-electron chi connectivity index (χ1n) is 8.80. The summed E-state index contributed by atoms with van der Waals surface area (Å²) in [4.78, 5) is 0. The number of anilines is 1. The Kier molecular flexibility index (Phi) is 4.79. The van der Waals surface area contributed by atoms with Gasteiger partial charge in [-0.15, -0.1) is 0 Å². The van der Waals surface area contributed by atoms with Crippen LogP contribution in [0.3, 0.4) is 0 Å². The standard InChI is InChI=1S/C23H18F2N2/c24-19-11-6-17(7-12-19)8-15-21-16-23(18-9-13-20(25)14-10-18)27(26-21)22-4-2-1-3-5-22/h1-15,23H,16H2. The van der Waals surface area contributed by atoms with Gasteiger partial charge in [0.25, 0.3) is 0 Å². The Bertz CT molecular complexity index is 962. The minimum Gasteiger partial charge on any atom is -0.257 e. The second-order valence-corrected chi connectivity index (χ2v) is 6.43. The lowest BCUT2D eigenvalue weighted by Crippen LogP contribution is -2.18. The van der Waals surface area contributed by atoms with Crippen LogP contribution in [0.5, 0.6) is 0 Å². The van der Waals surface area contributed by atoms with E-state index < -0.39 is 0 Å². The van der Waals surface area contributed by atoms with Gasteiger partial charge in [0.1, 0.15) is 11.6 Å². The molecule has 0 amide bonds. The first-order chi connectivity index (χ1) is 13.2. The second kappa shape index (κ2) is 7.54. The number of halogens is 2. The summed E-state index contributed by atoms with van der Waals surface area (Å²) in [5.41, 5.74) is 3.82. The molecule has 27 heavy (non-hydrogen) atoms. The van der Waals surface area contributed by atoms with Gasteiger partial charge >= 0.3 is 0 Å². The highest BCUT2D eigenvalue weighted by atomic mass is 19.1. The van der Waals surface area contributed by atoms with E-state index in [0.717, 1.165) is 22.5 Å². The van der Waals surface area contributed by atoms with E-state index >= 15 is 0 Å². The molecule has 1 aliphatic heterocycles. The summed E-state index contributed by atoms with van der Waals surface area (Å²) in [6.45, 7) is 0. The van der Waals surface area contributed by atoms with E-state index in [-0.39, 0.29) is 17.7 Å². The molecule has 0 saturated carbocycles. The Hall–Kier alpha value is -3.27. The second-order valence-electron chi connectivity index (χ2n) is 6.43. The van der Waals surface area contributed by atoms with Gasteiger partial charge in [0.15, 0.2) is 0 Å². The molecule has 0 saturated heterocycles. The van der Waals surface area contributed by atoms with Crippen LogP contribution in [0.1, 0.15) is 23.6 Å². The van der Waals surface area contributed by atoms with E-state index in [1.165, 1.54) is 24.3 Å². The van der Waals surface area contributed by atoms with Gasteiger partial charge in [0, 0.05) is 6.42 Å². The Morgan fingerprint density at radius 1 is 0.778 bits per heavy atom. The van der Waals surface area contributed by atoms with E-state index in [4.69, 9.17) is 5.10 Å². The highest BCUT2D eigenvalue weighted by Gasteiger charge is 2.28. The Morgan fingerprint density at radius 2 is 1.41 bits per heavy atom. The molecule has 3 aromatic carbocycles. The van der Waals surface area contributed by atoms with Gasteiger partial charge in [-0.25, -0.2) is 8.78 Å². The SMILES string of the molecule is Fc1ccc(C=CC2=NN(c3ccccc3)C(c3ccc(F)cc3)C2)cc1. The van der Waals surface area contributed by atoms with E-state index in [1.54, 1.807) is 24.3 Å². The first kappa shape index (κ1) is 17.2. The highest BCUT2D eigenvalue weighted by molar-refractivity contribution is 6.01. The van der Waals surface area contributed by atoms with Gasteiger partial charge in [-0.3, -0.25) is 5.01 Å². The van der Waals surface area contributed by atoms with Crippen molar-refractivity contribution in [2.45, 2.75) is 12.5 Å². The molecule has 2 nitrogen and oxygen atoms in total. The normalized spacial score (nSPS) is 16.7. The minimum atomic E-state index is -0.253. The molecule has 0 aliphatic carbocycles. The molecule has 3 aromatic rings. The lowest BCUT2D eigenvalue weighted by Gasteiger charge is -2.23. The van der Waals surface area contributed by atoms with Crippen LogP contribution in [-0.4, -0.2) is 5.71 Å². The predicted molar refractivity (Wildman–Crippen MR) is 106 cm³/mol. The molecule has 1 unspecified atom stereocenters. The number of hydrazone groups is 1. The monoisotopic (exact) mass is 360 g/mol. The molecule has 0 fully saturated rings. The van der Waals surface area contributed by atoms with E-state index in [1.807, 2.05) is 47.5 Å². The van der Waals surface area contributed by atoms with Crippen molar-refractivity contribution in [2.75, 3.05) is 5.01 Å². The first-order valence-corrected chi connectivity index (χ1v) is 8.80. The topological polar surface area (TPSA) is 15.6 Å². The maximum Gasteiger partial charge on any atom is 0.123 e. The summed E-state index contributed by atoms with van der Waals surface area (Å²) in [6.07, 6.45) is 4.58. The van der Waals surface area contributed by atoms with Crippen molar-refractivity contribution >= 4 is 17.5 Å². The van der Waals surface area contributed by atoms with Crippen molar-refractivity contribution in [1.82, 2.24) is 0 Å². The predicted octanol–water partition coefficient (Wildman–Crippen LogP) is 5.99. The van der Waals surface area contributed by atoms with Gasteiger partial charge in [0.05, 0.1) is 17.4 Å². The van der Waals surface area contributed by atoms with E-state index in [9.17, 15) is 8.78 Å². The maximum absolute atomic E-state index is 13.3. The summed E-state index contributed by atoms with van der Waals surface area (Å²) in [6, 6.07) is 22.8. The average molecular weight is 360 g/mol. The van der Waals surface area contributed by atoms with Crippen molar-refractivity contribution in [1.29, 1.82) is 0 Å². The van der Waals surface area contributed by atoms with Gasteiger partial charge < -0.3 is 0 Å². The van der Waals surface area contributed by atoms with Crippen molar-refractivity contribution < 1.29 is 8.78 Å². The number of benzene rings is 3. The molecule has 0 N–H and O–H groups in total. The lowest BCUT2D eigenvalue weighted by molar-refractivity contribution is 0.624. The molecule has 1 atom stereocenters. The van der Waals surface area contributed by atoms with Gasteiger partial charge in [-0.1, -0.05) is 48.5 Å². The smallest absolute Gasteiger partial charge is 0.123 e. The van der Waals surface area contributed by atoms with Gasteiger partial charge in [0.2, 0.25) is 0 Å². The van der Waals surface area contributed by atoms with Gasteiger partial charge in [-0.2, -0.15) is 5.10 Å². The quantitative estimate of drug-likeness (QED) is 0.558. The van der Waals surface area contributed by atoms with Crippen molar-refractivity contribution in [3.8, 4) is 0 Å². The molecule has 4 heteroatoms. The molecule has 0 aromatic heterocycles. The van der Waals surface area contributed by atoms with Crippen molar-refractivity contribution in [3.63, 3.8) is 0 Å². The fraction of sp³-hybridized carbons (Fsp3) is 0.0870. The zero-order valence-corrected chi connectivity index (χ0v) is 14.6. The Morgan fingerprint density at radius 3 is 2.07 bits per heavy atom. The van der Waals surface area contributed by atoms with Crippen molar-refractivity contribution in [3.05, 3.63) is 108 Å². The number of nitrogens with zero attached hydrogens (tertiary/aromatic N) is 2. The molecule has 134 valence electrons. The third kappa shape index (κ3) is 3.95. The molecule has 0 radical (unpaired) electrons. The zero-order chi connectivity index (χ0) is 18.6. The molecule has 1 heterocycles. The van der Waals surface area contributed by atoms with Crippen molar-refractivity contribution in [2.24, 2.45) is 5.10 Å².